The van der Waals surface area contributed by atoms with Crippen LogP contribution in [-0.4, -0.2) is 0 Å². The summed E-state index contributed by atoms with van der Waals surface area (Å²) >= 11 is 0. The van der Waals surface area contributed by atoms with Gasteiger partial charge in [0.15, 0.2) is 0 Å². The van der Waals surface area contributed by atoms with Crippen LogP contribution in [0.25, 0.3) is 76.9 Å². The van der Waals surface area contributed by atoms with Gasteiger partial charge in [-0.25, -0.2) is 0 Å². The number of hydrogen-bond acceptors (Lipinski definition) is 3. The third-order valence-corrected chi connectivity index (χ3v) is 9.65. The molecule has 0 aliphatic heterocycles. The molecule has 3 nitrogen and oxygen atoms in total. The highest BCUT2D eigenvalue weighted by Crippen LogP contribution is 2.45. The lowest BCUT2D eigenvalue weighted by molar-refractivity contribution is 0.669. The number of hydrogen-bond donors (Lipinski definition) is 0. The quantitative estimate of drug-likeness (QED) is 0.190. The summed E-state index contributed by atoms with van der Waals surface area (Å²) < 4.78 is 13.0. The number of fused-ring (bicyclic) bond motifs is 8. The smallest absolute Gasteiger partial charge is 0.143 e. The molecular weight excluding hydrogens is 599 g/mol. The first-order valence-corrected chi connectivity index (χ1v) is 16.6. The van der Waals surface area contributed by atoms with Crippen molar-refractivity contribution in [3.8, 4) is 22.3 Å². The van der Waals surface area contributed by atoms with Crippen LogP contribution >= 0.6 is 0 Å². The Bertz CT molecular complexity index is 2840. The molecule has 0 aliphatic rings. The zero-order chi connectivity index (χ0) is 32.3. The normalized spacial score (nSPS) is 11.7. The summed E-state index contributed by atoms with van der Waals surface area (Å²) in [4.78, 5) is 2.35. The molecule has 230 valence electrons. The molecule has 0 radical (unpaired) electrons. The fourth-order valence-corrected chi connectivity index (χ4v) is 7.42. The van der Waals surface area contributed by atoms with Crippen molar-refractivity contribution < 1.29 is 8.83 Å². The van der Waals surface area contributed by atoms with Crippen LogP contribution in [0.3, 0.4) is 0 Å². The summed E-state index contributed by atoms with van der Waals surface area (Å²) in [6, 6.07) is 62.0. The first-order valence-electron chi connectivity index (χ1n) is 16.6. The van der Waals surface area contributed by atoms with Crippen LogP contribution < -0.4 is 4.90 Å². The second kappa shape index (κ2) is 11.0. The summed E-state index contributed by atoms with van der Waals surface area (Å²) in [5.41, 5.74) is 11.3. The van der Waals surface area contributed by atoms with Gasteiger partial charge in [0.05, 0.1) is 5.69 Å². The average molecular weight is 628 g/mol. The Kier molecular flexibility index (Phi) is 6.18. The van der Waals surface area contributed by atoms with Crippen molar-refractivity contribution in [3.63, 3.8) is 0 Å². The predicted octanol–water partition coefficient (Wildman–Crippen LogP) is 13.4. The van der Waals surface area contributed by atoms with Crippen molar-refractivity contribution in [2.45, 2.75) is 0 Å². The Labute approximate surface area is 282 Å². The van der Waals surface area contributed by atoms with E-state index in [4.69, 9.17) is 8.83 Å². The lowest BCUT2D eigenvalue weighted by Crippen LogP contribution is -2.11. The summed E-state index contributed by atoms with van der Waals surface area (Å²) in [5.74, 6) is 0. The van der Waals surface area contributed by atoms with E-state index in [0.717, 1.165) is 88.6 Å². The highest BCUT2D eigenvalue weighted by atomic mass is 16.3. The maximum atomic E-state index is 6.55. The van der Waals surface area contributed by atoms with E-state index in [2.05, 4.69) is 169 Å². The maximum Gasteiger partial charge on any atom is 0.143 e. The van der Waals surface area contributed by atoms with Gasteiger partial charge in [-0.3, -0.25) is 0 Å². The molecule has 0 saturated heterocycles. The molecule has 0 N–H and O–H groups in total. The van der Waals surface area contributed by atoms with Crippen molar-refractivity contribution in [1.29, 1.82) is 0 Å². The number of rotatable bonds is 5. The van der Waals surface area contributed by atoms with Crippen molar-refractivity contribution in [1.82, 2.24) is 0 Å². The van der Waals surface area contributed by atoms with Crippen LogP contribution in [-0.2, 0) is 0 Å². The van der Waals surface area contributed by atoms with E-state index < -0.39 is 0 Å². The lowest BCUT2D eigenvalue weighted by atomic mass is 9.97. The molecule has 49 heavy (non-hydrogen) atoms. The summed E-state index contributed by atoms with van der Waals surface area (Å²) in [6.07, 6.45) is 0. The molecule has 0 atom stereocenters. The van der Waals surface area contributed by atoms with Crippen LogP contribution in [0.2, 0.25) is 0 Å². The Morgan fingerprint density at radius 2 is 1.04 bits per heavy atom. The summed E-state index contributed by atoms with van der Waals surface area (Å²) in [5, 5.41) is 6.77. The number of para-hydroxylation sites is 2. The SMILES string of the molecule is c1ccc(-c2ccccc2N(c2cccc(-c3cccc4oc5c6ccccc6ccc5c34)c2)c2ccc3c(c2)oc2ccccc23)cc1. The summed E-state index contributed by atoms with van der Waals surface area (Å²) in [7, 11) is 0. The van der Waals surface area contributed by atoms with Crippen LogP contribution in [0.1, 0.15) is 0 Å². The predicted molar refractivity (Wildman–Crippen MR) is 204 cm³/mol. The molecule has 0 fully saturated rings. The molecule has 10 rings (SSSR count). The van der Waals surface area contributed by atoms with Gasteiger partial charge in [-0.1, -0.05) is 121 Å². The van der Waals surface area contributed by atoms with E-state index in [1.54, 1.807) is 0 Å². The van der Waals surface area contributed by atoms with Gasteiger partial charge in [-0.05, 0) is 70.6 Å². The second-order valence-electron chi connectivity index (χ2n) is 12.5. The molecule has 0 amide bonds. The van der Waals surface area contributed by atoms with E-state index >= 15 is 0 Å². The number of furan rings is 2. The maximum absolute atomic E-state index is 6.55. The zero-order valence-electron chi connectivity index (χ0n) is 26.5. The first-order chi connectivity index (χ1) is 24.3. The molecule has 0 bridgehead atoms. The van der Waals surface area contributed by atoms with Crippen LogP contribution in [0.4, 0.5) is 17.1 Å². The minimum absolute atomic E-state index is 0.860. The molecular formula is C46H29NO2. The van der Waals surface area contributed by atoms with Crippen molar-refractivity contribution in [3.05, 3.63) is 176 Å². The Morgan fingerprint density at radius 3 is 1.98 bits per heavy atom. The average Bonchev–Trinajstić information content (AvgIpc) is 3.74. The van der Waals surface area contributed by atoms with Gasteiger partial charge in [0, 0.05) is 49.9 Å². The molecule has 2 heterocycles. The molecule has 0 unspecified atom stereocenters. The van der Waals surface area contributed by atoms with Gasteiger partial charge in [0.25, 0.3) is 0 Å². The molecule has 0 aliphatic carbocycles. The van der Waals surface area contributed by atoms with Gasteiger partial charge in [-0.2, -0.15) is 0 Å². The Balaban J connectivity index is 1.20. The molecule has 8 aromatic carbocycles. The molecule has 3 heteroatoms. The molecule has 2 aromatic heterocycles. The molecule has 0 saturated carbocycles. The van der Waals surface area contributed by atoms with Crippen LogP contribution in [0.5, 0.6) is 0 Å². The Morgan fingerprint density at radius 1 is 0.367 bits per heavy atom. The van der Waals surface area contributed by atoms with Gasteiger partial charge in [0.1, 0.15) is 22.3 Å². The van der Waals surface area contributed by atoms with Crippen LogP contribution in [0, 0.1) is 0 Å². The number of benzene rings is 8. The van der Waals surface area contributed by atoms with E-state index in [0.29, 0.717) is 0 Å². The van der Waals surface area contributed by atoms with Gasteiger partial charge < -0.3 is 13.7 Å². The number of anilines is 3. The largest absolute Gasteiger partial charge is 0.456 e. The number of nitrogens with zero attached hydrogens (tertiary/aromatic N) is 1. The highest BCUT2D eigenvalue weighted by molar-refractivity contribution is 6.19. The standard InChI is InChI=1S/C46H29NO2/c1-2-12-30(13-3-1)35-17-6-8-21-41(35)47(34-25-27-39-38-19-7-9-22-42(38)48-44(39)29-34)33-16-10-15-32(28-33)36-20-11-23-43-45(36)40-26-24-31-14-4-5-18-37(31)46(40)49-43/h1-29H. The van der Waals surface area contributed by atoms with E-state index in [1.807, 2.05) is 12.1 Å². The second-order valence-corrected chi connectivity index (χ2v) is 12.5. The summed E-state index contributed by atoms with van der Waals surface area (Å²) in [6.45, 7) is 0. The molecule has 10 aromatic rings. The third kappa shape index (κ3) is 4.44. The lowest BCUT2D eigenvalue weighted by Gasteiger charge is -2.28. The van der Waals surface area contributed by atoms with Gasteiger partial charge in [0.2, 0.25) is 0 Å². The van der Waals surface area contributed by atoms with Crippen molar-refractivity contribution in [2.24, 2.45) is 0 Å². The fraction of sp³-hybridized carbons (Fsp3) is 0. The minimum atomic E-state index is 0.860. The minimum Gasteiger partial charge on any atom is -0.456 e. The van der Waals surface area contributed by atoms with E-state index in [9.17, 15) is 0 Å². The first kappa shape index (κ1) is 27.5. The van der Waals surface area contributed by atoms with Gasteiger partial charge >= 0.3 is 0 Å². The monoisotopic (exact) mass is 627 g/mol. The fourth-order valence-electron chi connectivity index (χ4n) is 7.42. The van der Waals surface area contributed by atoms with E-state index in [1.165, 1.54) is 5.39 Å². The Hall–Kier alpha value is -6.58. The van der Waals surface area contributed by atoms with E-state index in [-0.39, 0.29) is 0 Å². The van der Waals surface area contributed by atoms with Crippen molar-refractivity contribution in [2.75, 3.05) is 4.90 Å². The molecule has 0 spiro atoms. The topological polar surface area (TPSA) is 29.5 Å². The highest BCUT2D eigenvalue weighted by Gasteiger charge is 2.20. The van der Waals surface area contributed by atoms with Crippen LogP contribution in [0.15, 0.2) is 185 Å². The third-order valence-electron chi connectivity index (χ3n) is 9.65. The van der Waals surface area contributed by atoms with Crippen molar-refractivity contribution >= 4 is 71.7 Å². The zero-order valence-corrected chi connectivity index (χ0v) is 26.5. The van der Waals surface area contributed by atoms with Gasteiger partial charge in [-0.15, -0.1) is 0 Å².